The van der Waals surface area contributed by atoms with Crippen LogP contribution in [0.4, 0.5) is 0 Å². The van der Waals surface area contributed by atoms with Gasteiger partial charge in [-0.15, -0.1) is 10.2 Å². The minimum absolute atomic E-state index is 0.136. The van der Waals surface area contributed by atoms with Gasteiger partial charge in [0.15, 0.2) is 0 Å². The van der Waals surface area contributed by atoms with Gasteiger partial charge in [0.25, 0.3) is 0 Å². The number of H-pyrrole nitrogens is 1. The zero-order valence-electron chi connectivity index (χ0n) is 14.6. The highest BCUT2D eigenvalue weighted by molar-refractivity contribution is 5.53. The van der Waals surface area contributed by atoms with Gasteiger partial charge in [0.05, 0.1) is 12.2 Å². The van der Waals surface area contributed by atoms with Crippen LogP contribution < -0.4 is 0 Å². The van der Waals surface area contributed by atoms with Crippen molar-refractivity contribution in [3.63, 3.8) is 0 Å². The summed E-state index contributed by atoms with van der Waals surface area (Å²) in [6, 6.07) is 8.28. The maximum atomic E-state index is 5.96. The predicted octanol–water partition coefficient (Wildman–Crippen LogP) is 3.71. The Hall–Kier alpha value is -2.47. The summed E-state index contributed by atoms with van der Waals surface area (Å²) in [6.07, 6.45) is 6.21. The smallest absolute Gasteiger partial charge is 0.247 e. The lowest BCUT2D eigenvalue weighted by Gasteiger charge is -2.34. The average Bonchev–Trinajstić information content (AvgIpc) is 3.33. The summed E-state index contributed by atoms with van der Waals surface area (Å²) in [5, 5.41) is 15.5. The molecule has 1 fully saturated rings. The van der Waals surface area contributed by atoms with Gasteiger partial charge in [-0.25, -0.2) is 0 Å². The van der Waals surface area contributed by atoms with E-state index in [-0.39, 0.29) is 6.04 Å². The molecule has 1 unspecified atom stereocenters. The average molecular weight is 337 g/mol. The van der Waals surface area contributed by atoms with Crippen molar-refractivity contribution in [2.24, 2.45) is 0 Å². The Balaban J connectivity index is 1.43. The van der Waals surface area contributed by atoms with Crippen molar-refractivity contribution < 1.29 is 4.42 Å². The number of rotatable bonds is 4. The Bertz CT molecular complexity index is 818. The molecule has 0 radical (unpaired) electrons. The fraction of sp³-hybridized carbons (Fsp3) is 0.421. The second-order valence-corrected chi connectivity index (χ2v) is 6.83. The van der Waals surface area contributed by atoms with Crippen LogP contribution in [-0.2, 0) is 0 Å². The summed E-state index contributed by atoms with van der Waals surface area (Å²) < 4.78 is 5.96. The fourth-order valence-electron chi connectivity index (χ4n) is 3.56. The molecule has 0 saturated carbocycles. The molecule has 3 aromatic rings. The van der Waals surface area contributed by atoms with Gasteiger partial charge in [-0.2, -0.15) is 5.10 Å². The lowest BCUT2D eigenvalue weighted by Crippen LogP contribution is -2.35. The summed E-state index contributed by atoms with van der Waals surface area (Å²) in [5.74, 6) is 1.88. The minimum atomic E-state index is 0.136. The number of piperidine rings is 1. The number of hydrogen-bond donors (Lipinski definition) is 1. The molecular weight excluding hydrogens is 314 g/mol. The monoisotopic (exact) mass is 337 g/mol. The van der Waals surface area contributed by atoms with Crippen molar-refractivity contribution >= 4 is 0 Å². The van der Waals surface area contributed by atoms with Gasteiger partial charge < -0.3 is 4.42 Å². The summed E-state index contributed by atoms with van der Waals surface area (Å²) in [4.78, 5) is 2.42. The molecular formula is C19H23N5O. The number of aryl methyl sites for hydroxylation is 1. The molecule has 25 heavy (non-hydrogen) atoms. The first-order chi connectivity index (χ1) is 12.2. The molecule has 1 saturated heterocycles. The Morgan fingerprint density at radius 1 is 1.24 bits per heavy atom. The third-order valence-corrected chi connectivity index (χ3v) is 5.13. The lowest BCUT2D eigenvalue weighted by atomic mass is 9.91. The highest BCUT2D eigenvalue weighted by atomic mass is 16.4. The van der Waals surface area contributed by atoms with Crippen molar-refractivity contribution in [3.8, 4) is 11.5 Å². The SMILES string of the molecule is Cc1cccc(-c2nnc(C(C)N3CCC(c4cn[nH]c4)CC3)o2)c1. The van der Waals surface area contributed by atoms with E-state index in [1.54, 1.807) is 0 Å². The van der Waals surface area contributed by atoms with E-state index in [0.717, 1.165) is 31.5 Å². The second-order valence-electron chi connectivity index (χ2n) is 6.83. The molecule has 4 rings (SSSR count). The second kappa shape index (κ2) is 6.80. The van der Waals surface area contributed by atoms with Gasteiger partial charge in [0.1, 0.15) is 0 Å². The molecule has 130 valence electrons. The van der Waals surface area contributed by atoms with E-state index in [1.165, 1.54) is 11.1 Å². The van der Waals surface area contributed by atoms with Crippen LogP contribution in [0.1, 0.15) is 48.7 Å². The van der Waals surface area contributed by atoms with Gasteiger partial charge in [0, 0.05) is 11.8 Å². The van der Waals surface area contributed by atoms with Crippen LogP contribution in [0.3, 0.4) is 0 Å². The van der Waals surface area contributed by atoms with E-state index in [0.29, 0.717) is 17.7 Å². The van der Waals surface area contributed by atoms with Crippen LogP contribution in [0.25, 0.3) is 11.5 Å². The van der Waals surface area contributed by atoms with Crippen molar-refractivity contribution in [3.05, 3.63) is 53.7 Å². The Morgan fingerprint density at radius 2 is 2.08 bits per heavy atom. The molecule has 1 N–H and O–H groups in total. The first kappa shape index (κ1) is 16.0. The van der Waals surface area contributed by atoms with Gasteiger partial charge in [-0.3, -0.25) is 10.00 Å². The van der Waals surface area contributed by atoms with E-state index >= 15 is 0 Å². The molecule has 6 nitrogen and oxygen atoms in total. The zero-order chi connectivity index (χ0) is 17.2. The number of hydrogen-bond acceptors (Lipinski definition) is 5. The number of benzene rings is 1. The van der Waals surface area contributed by atoms with Crippen molar-refractivity contribution in [2.45, 2.75) is 38.6 Å². The quantitative estimate of drug-likeness (QED) is 0.786. The molecule has 0 amide bonds. The molecule has 1 aromatic carbocycles. The first-order valence-corrected chi connectivity index (χ1v) is 8.84. The summed E-state index contributed by atoms with van der Waals surface area (Å²) in [7, 11) is 0. The molecule has 1 aliphatic rings. The van der Waals surface area contributed by atoms with E-state index in [9.17, 15) is 0 Å². The summed E-state index contributed by atoms with van der Waals surface area (Å²) in [5.41, 5.74) is 3.48. The van der Waals surface area contributed by atoms with Crippen molar-refractivity contribution in [1.29, 1.82) is 0 Å². The molecule has 3 heterocycles. The van der Waals surface area contributed by atoms with Crippen molar-refractivity contribution in [1.82, 2.24) is 25.3 Å². The Kier molecular flexibility index (Phi) is 4.36. The number of likely N-dealkylation sites (tertiary alicyclic amines) is 1. The third-order valence-electron chi connectivity index (χ3n) is 5.13. The molecule has 0 bridgehead atoms. The van der Waals surface area contributed by atoms with Gasteiger partial charge in [0.2, 0.25) is 11.8 Å². The largest absolute Gasteiger partial charge is 0.419 e. The summed E-state index contributed by atoms with van der Waals surface area (Å²) in [6.45, 7) is 6.26. The van der Waals surface area contributed by atoms with Crippen LogP contribution in [-0.4, -0.2) is 38.4 Å². The van der Waals surface area contributed by atoms with Gasteiger partial charge >= 0.3 is 0 Å². The third kappa shape index (κ3) is 3.35. The highest BCUT2D eigenvalue weighted by Gasteiger charge is 2.27. The minimum Gasteiger partial charge on any atom is -0.419 e. The lowest BCUT2D eigenvalue weighted by molar-refractivity contribution is 0.143. The molecule has 1 aliphatic heterocycles. The van der Waals surface area contributed by atoms with Crippen LogP contribution in [0, 0.1) is 6.92 Å². The first-order valence-electron chi connectivity index (χ1n) is 8.84. The Morgan fingerprint density at radius 3 is 2.80 bits per heavy atom. The number of nitrogens with zero attached hydrogens (tertiary/aromatic N) is 4. The fourth-order valence-corrected chi connectivity index (χ4v) is 3.56. The van der Waals surface area contributed by atoms with Crippen LogP contribution >= 0.6 is 0 Å². The molecule has 1 atom stereocenters. The van der Waals surface area contributed by atoms with Crippen molar-refractivity contribution in [2.75, 3.05) is 13.1 Å². The Labute approximate surface area is 147 Å². The van der Waals surface area contributed by atoms with E-state index in [4.69, 9.17) is 4.42 Å². The maximum absolute atomic E-state index is 5.96. The molecule has 0 spiro atoms. The molecule has 2 aromatic heterocycles. The highest BCUT2D eigenvalue weighted by Crippen LogP contribution is 2.32. The zero-order valence-corrected chi connectivity index (χ0v) is 14.6. The van der Waals surface area contributed by atoms with Gasteiger partial charge in [-0.1, -0.05) is 17.7 Å². The summed E-state index contributed by atoms with van der Waals surface area (Å²) >= 11 is 0. The van der Waals surface area contributed by atoms with Crippen LogP contribution in [0.5, 0.6) is 0 Å². The number of aromatic amines is 1. The topological polar surface area (TPSA) is 70.8 Å². The van der Waals surface area contributed by atoms with E-state index in [2.05, 4.69) is 51.3 Å². The van der Waals surface area contributed by atoms with Crippen LogP contribution in [0.2, 0.25) is 0 Å². The number of nitrogens with one attached hydrogen (secondary N) is 1. The standard InChI is InChI=1S/C19H23N5O/c1-13-4-3-5-16(10-13)19-23-22-18(25-19)14(2)24-8-6-15(7-9-24)17-11-20-21-12-17/h3-5,10-12,14-15H,6-9H2,1-2H3,(H,20,21). The van der Waals surface area contributed by atoms with E-state index in [1.807, 2.05) is 24.5 Å². The molecule has 0 aliphatic carbocycles. The maximum Gasteiger partial charge on any atom is 0.247 e. The van der Waals surface area contributed by atoms with Crippen LogP contribution in [0.15, 0.2) is 41.1 Å². The number of aromatic nitrogens is 4. The predicted molar refractivity (Wildman–Crippen MR) is 95.0 cm³/mol. The normalized spacial score (nSPS) is 17.7. The molecule has 6 heteroatoms. The van der Waals surface area contributed by atoms with Gasteiger partial charge in [-0.05, 0) is 63.4 Å². The van der Waals surface area contributed by atoms with E-state index < -0.39 is 0 Å².